The van der Waals surface area contributed by atoms with E-state index in [1.807, 2.05) is 6.07 Å². The van der Waals surface area contributed by atoms with E-state index in [0.29, 0.717) is 38.4 Å². The summed E-state index contributed by atoms with van der Waals surface area (Å²) in [4.78, 5) is 16.6. The summed E-state index contributed by atoms with van der Waals surface area (Å²) in [6, 6.07) is 17.1. The van der Waals surface area contributed by atoms with Crippen LogP contribution in [0.25, 0.3) is 0 Å². The van der Waals surface area contributed by atoms with Gasteiger partial charge in [-0.05, 0) is 48.5 Å². The van der Waals surface area contributed by atoms with Crippen LogP contribution in [0.2, 0.25) is 10.0 Å². The molecule has 3 aromatic rings. The number of nitriles is 1. The summed E-state index contributed by atoms with van der Waals surface area (Å²) in [5, 5.41) is 15.4. The number of anilines is 3. The smallest absolute Gasteiger partial charge is 0.255 e. The van der Waals surface area contributed by atoms with E-state index in [4.69, 9.17) is 28.5 Å². The Balaban J connectivity index is 1.76. The third kappa shape index (κ3) is 4.12. The molecule has 26 heavy (non-hydrogen) atoms. The molecule has 7 heteroatoms. The molecule has 1 aromatic heterocycles. The number of hydrogen-bond donors (Lipinski definition) is 2. The van der Waals surface area contributed by atoms with E-state index >= 15 is 0 Å². The number of benzene rings is 2. The number of nitrogens with zero attached hydrogens (tertiary/aromatic N) is 2. The molecule has 0 aliphatic heterocycles. The van der Waals surface area contributed by atoms with Gasteiger partial charge in [0.1, 0.15) is 5.82 Å². The molecule has 1 amide bonds. The maximum Gasteiger partial charge on any atom is 0.255 e. The van der Waals surface area contributed by atoms with Crippen molar-refractivity contribution in [3.63, 3.8) is 0 Å². The topological polar surface area (TPSA) is 77.8 Å². The highest BCUT2D eigenvalue weighted by Gasteiger charge is 2.10. The van der Waals surface area contributed by atoms with E-state index in [9.17, 15) is 4.79 Å². The van der Waals surface area contributed by atoms with Gasteiger partial charge < -0.3 is 10.6 Å². The van der Waals surface area contributed by atoms with Gasteiger partial charge in [0.25, 0.3) is 5.91 Å². The minimum Gasteiger partial charge on any atom is -0.339 e. The van der Waals surface area contributed by atoms with Crippen LogP contribution in [0.15, 0.2) is 60.8 Å². The number of hydrogen-bond acceptors (Lipinski definition) is 4. The van der Waals surface area contributed by atoms with Crippen molar-refractivity contribution in [1.82, 2.24) is 4.98 Å². The Morgan fingerprint density at radius 1 is 1.08 bits per heavy atom. The van der Waals surface area contributed by atoms with E-state index in [-0.39, 0.29) is 5.91 Å². The Kier molecular flexibility index (Phi) is 5.37. The normalized spacial score (nSPS) is 10.0. The van der Waals surface area contributed by atoms with Crippen LogP contribution in [0, 0.1) is 11.3 Å². The molecule has 0 aliphatic carbocycles. The zero-order valence-corrected chi connectivity index (χ0v) is 14.8. The Labute approximate surface area is 160 Å². The minimum atomic E-state index is -0.294. The molecule has 0 saturated carbocycles. The number of pyridine rings is 1. The number of aromatic nitrogens is 1. The first-order valence-electron chi connectivity index (χ1n) is 7.55. The maximum absolute atomic E-state index is 12.4. The van der Waals surface area contributed by atoms with E-state index < -0.39 is 0 Å². The summed E-state index contributed by atoms with van der Waals surface area (Å²) < 4.78 is 0. The molecule has 5 nitrogen and oxygen atoms in total. The first-order valence-corrected chi connectivity index (χ1v) is 8.31. The van der Waals surface area contributed by atoms with Crippen LogP contribution < -0.4 is 10.6 Å². The fourth-order valence-corrected chi connectivity index (χ4v) is 2.56. The summed E-state index contributed by atoms with van der Waals surface area (Å²) in [5.41, 5.74) is 2.14. The Bertz CT molecular complexity index is 997. The molecule has 0 saturated heterocycles. The van der Waals surface area contributed by atoms with Crippen LogP contribution in [-0.4, -0.2) is 10.9 Å². The van der Waals surface area contributed by atoms with Gasteiger partial charge in [0, 0.05) is 17.4 Å². The molecule has 128 valence electrons. The second-order valence-corrected chi connectivity index (χ2v) is 6.08. The van der Waals surface area contributed by atoms with E-state index in [0.717, 1.165) is 0 Å². The largest absolute Gasteiger partial charge is 0.339 e. The van der Waals surface area contributed by atoms with Crippen LogP contribution in [-0.2, 0) is 0 Å². The molecular weight excluding hydrogens is 371 g/mol. The van der Waals surface area contributed by atoms with Crippen LogP contribution >= 0.6 is 23.2 Å². The predicted octanol–water partition coefficient (Wildman–Crippen LogP) is 5.26. The molecule has 2 aromatic carbocycles. The SMILES string of the molecule is N#Cc1ccc(NC(=O)c2ccnc(Nc3cccc(Cl)c3Cl)c2)cc1. The molecule has 0 spiro atoms. The molecule has 2 N–H and O–H groups in total. The molecule has 0 aliphatic rings. The lowest BCUT2D eigenvalue weighted by Crippen LogP contribution is -2.12. The van der Waals surface area contributed by atoms with Crippen LogP contribution in [0.4, 0.5) is 17.2 Å². The van der Waals surface area contributed by atoms with Crippen molar-refractivity contribution in [1.29, 1.82) is 5.26 Å². The second-order valence-electron chi connectivity index (χ2n) is 5.30. The molecular formula is C19H12Cl2N4O. The van der Waals surface area contributed by atoms with Gasteiger partial charge in [-0.15, -0.1) is 0 Å². The van der Waals surface area contributed by atoms with Crippen molar-refractivity contribution in [3.05, 3.63) is 82.0 Å². The monoisotopic (exact) mass is 382 g/mol. The average molecular weight is 383 g/mol. The molecule has 0 unspecified atom stereocenters. The van der Waals surface area contributed by atoms with Gasteiger partial charge in [-0.1, -0.05) is 29.3 Å². The first-order chi connectivity index (χ1) is 12.6. The lowest BCUT2D eigenvalue weighted by molar-refractivity contribution is 0.102. The van der Waals surface area contributed by atoms with Gasteiger partial charge >= 0.3 is 0 Å². The fourth-order valence-electron chi connectivity index (χ4n) is 2.21. The van der Waals surface area contributed by atoms with E-state index in [2.05, 4.69) is 15.6 Å². The number of carbonyl (C=O) groups excluding carboxylic acids is 1. The first kappa shape index (κ1) is 17.7. The molecule has 0 atom stereocenters. The second kappa shape index (κ2) is 7.87. The van der Waals surface area contributed by atoms with Gasteiger partial charge in [0.05, 0.1) is 27.4 Å². The van der Waals surface area contributed by atoms with Crippen molar-refractivity contribution in [2.75, 3.05) is 10.6 Å². The Morgan fingerprint density at radius 2 is 1.85 bits per heavy atom. The molecule has 0 fully saturated rings. The summed E-state index contributed by atoms with van der Waals surface area (Å²) in [6.45, 7) is 0. The van der Waals surface area contributed by atoms with Gasteiger partial charge in [0.2, 0.25) is 0 Å². The van der Waals surface area contributed by atoms with Crippen LogP contribution in [0.5, 0.6) is 0 Å². The summed E-state index contributed by atoms with van der Waals surface area (Å²) >= 11 is 12.2. The minimum absolute atomic E-state index is 0.294. The maximum atomic E-state index is 12.4. The average Bonchev–Trinajstić information content (AvgIpc) is 2.66. The van der Waals surface area contributed by atoms with Gasteiger partial charge in [-0.25, -0.2) is 4.98 Å². The third-order valence-electron chi connectivity index (χ3n) is 3.51. The summed E-state index contributed by atoms with van der Waals surface area (Å²) in [5.74, 6) is 0.166. The summed E-state index contributed by atoms with van der Waals surface area (Å²) in [7, 11) is 0. The number of nitrogens with one attached hydrogen (secondary N) is 2. The van der Waals surface area contributed by atoms with Gasteiger partial charge in [-0.2, -0.15) is 5.26 Å². The number of rotatable bonds is 4. The highest BCUT2D eigenvalue weighted by Crippen LogP contribution is 2.31. The highest BCUT2D eigenvalue weighted by atomic mass is 35.5. The fraction of sp³-hybridized carbons (Fsp3) is 0. The van der Waals surface area contributed by atoms with Crippen LogP contribution in [0.3, 0.4) is 0 Å². The summed E-state index contributed by atoms with van der Waals surface area (Å²) in [6.07, 6.45) is 1.52. The van der Waals surface area contributed by atoms with E-state index in [1.54, 1.807) is 54.6 Å². The number of amides is 1. The van der Waals surface area contributed by atoms with Crippen molar-refractivity contribution < 1.29 is 4.79 Å². The highest BCUT2D eigenvalue weighted by molar-refractivity contribution is 6.43. The number of halogens is 2. The Morgan fingerprint density at radius 3 is 2.58 bits per heavy atom. The lowest BCUT2D eigenvalue weighted by Gasteiger charge is -2.10. The van der Waals surface area contributed by atoms with E-state index in [1.165, 1.54) is 6.20 Å². The van der Waals surface area contributed by atoms with Crippen molar-refractivity contribution >= 4 is 46.3 Å². The molecule has 3 rings (SSSR count). The molecule has 0 bridgehead atoms. The molecule has 0 radical (unpaired) electrons. The third-order valence-corrected chi connectivity index (χ3v) is 4.33. The van der Waals surface area contributed by atoms with Crippen molar-refractivity contribution in [3.8, 4) is 6.07 Å². The number of carbonyl (C=O) groups is 1. The zero-order valence-electron chi connectivity index (χ0n) is 13.3. The van der Waals surface area contributed by atoms with Gasteiger partial charge in [-0.3, -0.25) is 4.79 Å². The standard InChI is InChI=1S/C19H12Cl2N4O/c20-15-2-1-3-16(18(15)21)25-17-10-13(8-9-23-17)19(26)24-14-6-4-12(11-22)5-7-14/h1-10H,(H,23,25)(H,24,26). The predicted molar refractivity (Wildman–Crippen MR) is 103 cm³/mol. The van der Waals surface area contributed by atoms with Crippen LogP contribution in [0.1, 0.15) is 15.9 Å². The molecule has 1 heterocycles. The van der Waals surface area contributed by atoms with Crippen molar-refractivity contribution in [2.45, 2.75) is 0 Å². The van der Waals surface area contributed by atoms with Crippen molar-refractivity contribution in [2.24, 2.45) is 0 Å². The van der Waals surface area contributed by atoms with Gasteiger partial charge in [0.15, 0.2) is 0 Å². The lowest BCUT2D eigenvalue weighted by atomic mass is 10.2. The zero-order chi connectivity index (χ0) is 18.5. The quantitative estimate of drug-likeness (QED) is 0.645. The Hall–Kier alpha value is -3.07.